The second-order valence-corrected chi connectivity index (χ2v) is 8.88. The van der Waals surface area contributed by atoms with E-state index in [-0.39, 0.29) is 0 Å². The number of halogens is 1. The maximum absolute atomic E-state index is 3.52. The molecular weight excluding hydrogens is 332 g/mol. The molecule has 0 atom stereocenters. The molecule has 22 heavy (non-hydrogen) atoms. The quantitative estimate of drug-likeness (QED) is 0.539. The summed E-state index contributed by atoms with van der Waals surface area (Å²) in [6.07, 6.45) is 14.7. The monoisotopic (exact) mass is 362 g/mol. The average Bonchev–Trinajstić information content (AvgIpc) is 2.56. The first-order valence-corrected chi connectivity index (χ1v) is 10.2. The molecule has 2 fully saturated rings. The fraction of sp³-hybridized carbons (Fsp3) is 0.714. The molecule has 1 aromatic carbocycles. The van der Waals surface area contributed by atoms with Crippen LogP contribution in [0.1, 0.15) is 70.3 Å². The van der Waals surface area contributed by atoms with Gasteiger partial charge in [0.2, 0.25) is 0 Å². The Hall–Kier alpha value is -0.300. The third kappa shape index (κ3) is 4.60. The maximum Gasteiger partial charge on any atom is 0.0175 e. The number of benzene rings is 1. The van der Waals surface area contributed by atoms with E-state index in [1.165, 1.54) is 74.2 Å². The molecule has 0 aromatic heterocycles. The van der Waals surface area contributed by atoms with Crippen LogP contribution in [-0.4, -0.2) is 0 Å². The van der Waals surface area contributed by atoms with Crippen molar-refractivity contribution in [1.82, 2.24) is 0 Å². The molecule has 0 aliphatic heterocycles. The van der Waals surface area contributed by atoms with Gasteiger partial charge in [-0.25, -0.2) is 0 Å². The lowest BCUT2D eigenvalue weighted by Crippen LogP contribution is -2.25. The van der Waals surface area contributed by atoms with Gasteiger partial charge in [-0.1, -0.05) is 60.7 Å². The van der Waals surface area contributed by atoms with Gasteiger partial charge in [-0.15, -0.1) is 0 Å². The van der Waals surface area contributed by atoms with Crippen LogP contribution < -0.4 is 0 Å². The summed E-state index contributed by atoms with van der Waals surface area (Å²) in [6.45, 7) is 2.44. The fourth-order valence-electron chi connectivity index (χ4n) is 4.73. The third-order valence-corrected chi connectivity index (χ3v) is 6.90. The van der Waals surface area contributed by atoms with Crippen LogP contribution in [0.4, 0.5) is 0 Å². The van der Waals surface area contributed by atoms with Crippen molar-refractivity contribution in [2.24, 2.45) is 23.7 Å². The first kappa shape index (κ1) is 16.6. The van der Waals surface area contributed by atoms with Crippen molar-refractivity contribution < 1.29 is 0 Å². The van der Waals surface area contributed by atoms with Crippen LogP contribution in [-0.2, 0) is 6.42 Å². The van der Waals surface area contributed by atoms with Crippen molar-refractivity contribution in [3.05, 3.63) is 34.3 Å². The van der Waals surface area contributed by atoms with Gasteiger partial charge in [0.1, 0.15) is 0 Å². The molecule has 2 aliphatic carbocycles. The van der Waals surface area contributed by atoms with Crippen LogP contribution >= 0.6 is 15.9 Å². The molecule has 0 unspecified atom stereocenters. The molecule has 0 spiro atoms. The molecule has 0 bridgehead atoms. The SMILES string of the molecule is CC1CCC(C2CCC(CCc3ccc(Br)cc3)CC2)CC1. The van der Waals surface area contributed by atoms with Gasteiger partial charge >= 0.3 is 0 Å². The summed E-state index contributed by atoms with van der Waals surface area (Å²) >= 11 is 3.52. The van der Waals surface area contributed by atoms with Crippen LogP contribution in [0.25, 0.3) is 0 Å². The zero-order valence-corrected chi connectivity index (χ0v) is 15.7. The summed E-state index contributed by atoms with van der Waals surface area (Å²) in [5.74, 6) is 4.13. The van der Waals surface area contributed by atoms with Crippen LogP contribution in [0.2, 0.25) is 0 Å². The smallest absolute Gasteiger partial charge is 0.0175 e. The van der Waals surface area contributed by atoms with Gasteiger partial charge in [0.15, 0.2) is 0 Å². The van der Waals surface area contributed by atoms with Gasteiger partial charge in [0.05, 0.1) is 0 Å². The lowest BCUT2D eigenvalue weighted by Gasteiger charge is -2.37. The normalized spacial score (nSPS) is 32.8. The first-order valence-electron chi connectivity index (χ1n) is 9.45. The summed E-state index contributed by atoms with van der Waals surface area (Å²) in [5, 5.41) is 0. The molecule has 0 N–H and O–H groups in total. The van der Waals surface area contributed by atoms with Gasteiger partial charge < -0.3 is 0 Å². The molecule has 0 amide bonds. The zero-order chi connectivity index (χ0) is 15.4. The highest BCUT2D eigenvalue weighted by Gasteiger charge is 2.29. The second kappa shape index (κ2) is 7.99. The minimum Gasteiger partial charge on any atom is -0.0625 e. The fourth-order valence-corrected chi connectivity index (χ4v) is 4.99. The highest BCUT2D eigenvalue weighted by Crippen LogP contribution is 2.42. The Balaban J connectivity index is 1.39. The zero-order valence-electron chi connectivity index (χ0n) is 14.1. The molecule has 0 heterocycles. The van der Waals surface area contributed by atoms with Crippen molar-refractivity contribution in [3.63, 3.8) is 0 Å². The van der Waals surface area contributed by atoms with Gasteiger partial charge in [-0.3, -0.25) is 0 Å². The third-order valence-electron chi connectivity index (χ3n) is 6.37. The Morgan fingerprint density at radius 2 is 1.36 bits per heavy atom. The highest BCUT2D eigenvalue weighted by atomic mass is 79.9. The van der Waals surface area contributed by atoms with Crippen molar-refractivity contribution in [1.29, 1.82) is 0 Å². The summed E-state index contributed by atoms with van der Waals surface area (Å²) in [6, 6.07) is 8.91. The lowest BCUT2D eigenvalue weighted by molar-refractivity contribution is 0.148. The van der Waals surface area contributed by atoms with E-state index >= 15 is 0 Å². The molecule has 1 heteroatoms. The van der Waals surface area contributed by atoms with Crippen LogP contribution in [0.3, 0.4) is 0 Å². The van der Waals surface area contributed by atoms with Crippen molar-refractivity contribution in [2.75, 3.05) is 0 Å². The molecule has 122 valence electrons. The molecule has 3 rings (SSSR count). The molecule has 2 saturated carbocycles. The Morgan fingerprint density at radius 1 is 0.818 bits per heavy atom. The first-order chi connectivity index (χ1) is 10.7. The molecule has 0 saturated heterocycles. The average molecular weight is 363 g/mol. The summed E-state index contributed by atoms with van der Waals surface area (Å²) in [7, 11) is 0. The highest BCUT2D eigenvalue weighted by molar-refractivity contribution is 9.10. The van der Waals surface area contributed by atoms with E-state index in [4.69, 9.17) is 0 Å². The predicted molar refractivity (Wildman–Crippen MR) is 99.0 cm³/mol. The largest absolute Gasteiger partial charge is 0.0625 e. The Labute approximate surface area is 145 Å². The number of aryl methyl sites for hydroxylation is 1. The van der Waals surface area contributed by atoms with Crippen molar-refractivity contribution >= 4 is 15.9 Å². The van der Waals surface area contributed by atoms with Crippen LogP contribution in [0.15, 0.2) is 28.7 Å². The summed E-state index contributed by atoms with van der Waals surface area (Å²) in [4.78, 5) is 0. The van der Waals surface area contributed by atoms with Crippen molar-refractivity contribution in [2.45, 2.75) is 71.1 Å². The van der Waals surface area contributed by atoms with E-state index in [1.807, 2.05) is 0 Å². The van der Waals surface area contributed by atoms with E-state index in [1.54, 1.807) is 0 Å². The van der Waals surface area contributed by atoms with Crippen LogP contribution in [0, 0.1) is 23.7 Å². The Kier molecular flexibility index (Phi) is 6.02. The van der Waals surface area contributed by atoms with Gasteiger partial charge in [0, 0.05) is 4.47 Å². The molecule has 0 radical (unpaired) electrons. The summed E-state index contributed by atoms with van der Waals surface area (Å²) < 4.78 is 1.19. The van der Waals surface area contributed by atoms with E-state index in [0.717, 1.165) is 23.7 Å². The molecule has 1 aromatic rings. The van der Waals surface area contributed by atoms with Gasteiger partial charge in [0.25, 0.3) is 0 Å². The molecule has 0 nitrogen and oxygen atoms in total. The minimum absolute atomic E-state index is 0.988. The number of hydrogen-bond acceptors (Lipinski definition) is 0. The maximum atomic E-state index is 3.52. The molecular formula is C21H31Br. The van der Waals surface area contributed by atoms with E-state index < -0.39 is 0 Å². The van der Waals surface area contributed by atoms with E-state index in [0.29, 0.717) is 0 Å². The Bertz CT molecular complexity index is 433. The minimum atomic E-state index is 0.988. The summed E-state index contributed by atoms with van der Waals surface area (Å²) in [5.41, 5.74) is 1.51. The van der Waals surface area contributed by atoms with Gasteiger partial charge in [-0.2, -0.15) is 0 Å². The van der Waals surface area contributed by atoms with Crippen LogP contribution in [0.5, 0.6) is 0 Å². The lowest BCUT2D eigenvalue weighted by atomic mass is 9.69. The van der Waals surface area contributed by atoms with Crippen molar-refractivity contribution in [3.8, 4) is 0 Å². The van der Waals surface area contributed by atoms with Gasteiger partial charge in [-0.05, 0) is 79.9 Å². The number of hydrogen-bond donors (Lipinski definition) is 0. The second-order valence-electron chi connectivity index (χ2n) is 7.97. The Morgan fingerprint density at radius 3 is 1.95 bits per heavy atom. The van der Waals surface area contributed by atoms with E-state index in [9.17, 15) is 0 Å². The van der Waals surface area contributed by atoms with E-state index in [2.05, 4.69) is 47.1 Å². The number of rotatable bonds is 4. The standard InChI is InChI=1S/C21H31Br/c1-16-2-10-19(11-3-16)20-12-6-17(7-13-20)4-5-18-8-14-21(22)15-9-18/h8-9,14-17,19-20H,2-7,10-13H2,1H3. The molecule has 2 aliphatic rings. The topological polar surface area (TPSA) is 0 Å². The predicted octanol–water partition coefficient (Wildman–Crippen LogP) is 7.01.